The molecule has 1 aliphatic rings. The maximum absolute atomic E-state index is 12.3. The molecule has 0 aliphatic carbocycles. The second kappa shape index (κ2) is 5.21. The molecule has 1 fully saturated rings. The lowest BCUT2D eigenvalue weighted by Gasteiger charge is -2.37. The Labute approximate surface area is 113 Å². The van der Waals surface area contributed by atoms with Gasteiger partial charge in [-0.05, 0) is 38.6 Å². The van der Waals surface area contributed by atoms with Crippen LogP contribution in [0.3, 0.4) is 0 Å². The van der Waals surface area contributed by atoms with Gasteiger partial charge in [-0.25, -0.2) is 4.98 Å². The summed E-state index contributed by atoms with van der Waals surface area (Å²) >= 11 is 0. The average molecular weight is 263 g/mol. The molecule has 0 spiro atoms. The molecule has 1 aliphatic heterocycles. The van der Waals surface area contributed by atoms with Crippen LogP contribution in [0, 0.1) is 19.3 Å². The molecule has 0 bridgehead atoms. The van der Waals surface area contributed by atoms with E-state index in [-0.39, 0.29) is 23.3 Å². The Morgan fingerprint density at radius 3 is 2.68 bits per heavy atom. The van der Waals surface area contributed by atoms with Crippen molar-refractivity contribution in [3.8, 4) is 0 Å². The predicted molar refractivity (Wildman–Crippen MR) is 72.7 cm³/mol. The molecule has 6 heteroatoms. The first-order valence-corrected chi connectivity index (χ1v) is 6.62. The first-order valence-electron chi connectivity index (χ1n) is 6.62. The van der Waals surface area contributed by atoms with Crippen molar-refractivity contribution in [1.29, 1.82) is 0 Å². The standard InChI is InChI=1S/C13H21N5O/c1-8-9(2)17-18-12(15-8)16-11(19)10-13(3,4)6-5-7-14-10/h10,14H,5-7H2,1-4H3,(H,15,16,18,19). The Morgan fingerprint density at radius 1 is 1.32 bits per heavy atom. The molecule has 0 saturated carbocycles. The predicted octanol–water partition coefficient (Wildman–Crippen LogP) is 1.21. The van der Waals surface area contributed by atoms with E-state index >= 15 is 0 Å². The van der Waals surface area contributed by atoms with E-state index in [1.54, 1.807) is 0 Å². The number of piperidine rings is 1. The third-order valence-corrected chi connectivity index (χ3v) is 3.72. The minimum atomic E-state index is -0.216. The Morgan fingerprint density at radius 2 is 2.05 bits per heavy atom. The van der Waals surface area contributed by atoms with Gasteiger partial charge in [0.2, 0.25) is 11.9 Å². The molecule has 104 valence electrons. The zero-order chi connectivity index (χ0) is 14.0. The summed E-state index contributed by atoms with van der Waals surface area (Å²) in [6, 6.07) is -0.216. The van der Waals surface area contributed by atoms with Crippen LogP contribution in [0.25, 0.3) is 0 Å². The van der Waals surface area contributed by atoms with Gasteiger partial charge in [0, 0.05) is 0 Å². The van der Waals surface area contributed by atoms with Crippen LogP contribution in [0.1, 0.15) is 38.1 Å². The van der Waals surface area contributed by atoms with E-state index in [0.717, 1.165) is 30.8 Å². The molecular weight excluding hydrogens is 242 g/mol. The normalized spacial score (nSPS) is 22.0. The highest BCUT2D eigenvalue weighted by atomic mass is 16.2. The van der Waals surface area contributed by atoms with Crippen LogP contribution >= 0.6 is 0 Å². The van der Waals surface area contributed by atoms with Crippen molar-refractivity contribution in [3.05, 3.63) is 11.4 Å². The molecule has 2 heterocycles. The second-order valence-electron chi connectivity index (χ2n) is 5.77. The van der Waals surface area contributed by atoms with Gasteiger partial charge >= 0.3 is 0 Å². The van der Waals surface area contributed by atoms with Gasteiger partial charge in [0.25, 0.3) is 0 Å². The van der Waals surface area contributed by atoms with E-state index in [0.29, 0.717) is 0 Å². The van der Waals surface area contributed by atoms with Gasteiger partial charge < -0.3 is 5.32 Å². The van der Waals surface area contributed by atoms with Crippen molar-refractivity contribution < 1.29 is 4.79 Å². The number of nitrogens with zero attached hydrogens (tertiary/aromatic N) is 3. The van der Waals surface area contributed by atoms with Crippen LogP contribution in [0.15, 0.2) is 0 Å². The molecule has 19 heavy (non-hydrogen) atoms. The largest absolute Gasteiger partial charge is 0.305 e. The van der Waals surface area contributed by atoms with E-state index < -0.39 is 0 Å². The number of amides is 1. The minimum Gasteiger partial charge on any atom is -0.305 e. The second-order valence-corrected chi connectivity index (χ2v) is 5.77. The van der Waals surface area contributed by atoms with Gasteiger partial charge in [0.1, 0.15) is 0 Å². The zero-order valence-electron chi connectivity index (χ0n) is 11.9. The summed E-state index contributed by atoms with van der Waals surface area (Å²) in [5.41, 5.74) is 1.49. The number of carbonyl (C=O) groups is 1. The molecule has 1 unspecified atom stereocenters. The molecule has 0 aromatic carbocycles. The molecule has 0 radical (unpaired) electrons. The lowest BCUT2D eigenvalue weighted by molar-refractivity contribution is -0.121. The number of hydrogen-bond donors (Lipinski definition) is 2. The fourth-order valence-electron chi connectivity index (χ4n) is 2.35. The summed E-state index contributed by atoms with van der Waals surface area (Å²) < 4.78 is 0. The highest BCUT2D eigenvalue weighted by Gasteiger charge is 2.37. The maximum atomic E-state index is 12.3. The van der Waals surface area contributed by atoms with Crippen molar-refractivity contribution in [3.63, 3.8) is 0 Å². The molecular formula is C13H21N5O. The topological polar surface area (TPSA) is 79.8 Å². The molecule has 2 rings (SSSR count). The fraction of sp³-hybridized carbons (Fsp3) is 0.692. The van der Waals surface area contributed by atoms with E-state index in [1.165, 1.54) is 0 Å². The van der Waals surface area contributed by atoms with Gasteiger partial charge in [-0.3, -0.25) is 10.1 Å². The Balaban J connectivity index is 2.09. The van der Waals surface area contributed by atoms with E-state index in [2.05, 4.69) is 39.7 Å². The number of hydrogen-bond acceptors (Lipinski definition) is 5. The van der Waals surface area contributed by atoms with Crippen molar-refractivity contribution >= 4 is 11.9 Å². The number of carbonyl (C=O) groups excluding carboxylic acids is 1. The number of rotatable bonds is 2. The van der Waals surface area contributed by atoms with Crippen LogP contribution in [-0.4, -0.2) is 33.7 Å². The summed E-state index contributed by atoms with van der Waals surface area (Å²) in [7, 11) is 0. The minimum absolute atomic E-state index is 0.0600. The smallest absolute Gasteiger partial charge is 0.249 e. The third kappa shape index (κ3) is 3.07. The van der Waals surface area contributed by atoms with Crippen LogP contribution in [-0.2, 0) is 4.79 Å². The van der Waals surface area contributed by atoms with E-state index in [4.69, 9.17) is 0 Å². The van der Waals surface area contributed by atoms with Crippen LogP contribution in [0.5, 0.6) is 0 Å². The molecule has 1 amide bonds. The summed E-state index contributed by atoms with van der Waals surface area (Å²) in [5, 5.41) is 13.9. The van der Waals surface area contributed by atoms with Crippen LogP contribution in [0.4, 0.5) is 5.95 Å². The Hall–Kier alpha value is -1.56. The van der Waals surface area contributed by atoms with E-state index in [9.17, 15) is 4.79 Å². The number of anilines is 1. The summed E-state index contributed by atoms with van der Waals surface area (Å²) in [5.74, 6) is 0.186. The molecule has 1 aromatic heterocycles. The number of nitrogens with one attached hydrogen (secondary N) is 2. The van der Waals surface area contributed by atoms with Crippen molar-refractivity contribution in [2.75, 3.05) is 11.9 Å². The molecule has 1 atom stereocenters. The van der Waals surface area contributed by atoms with Gasteiger partial charge in [0.15, 0.2) is 0 Å². The highest BCUT2D eigenvalue weighted by Crippen LogP contribution is 2.30. The van der Waals surface area contributed by atoms with Gasteiger partial charge in [-0.1, -0.05) is 13.8 Å². The fourth-order valence-corrected chi connectivity index (χ4v) is 2.35. The lowest BCUT2D eigenvalue weighted by atomic mass is 9.77. The number of aryl methyl sites for hydroxylation is 2. The van der Waals surface area contributed by atoms with Crippen LogP contribution in [0.2, 0.25) is 0 Å². The summed E-state index contributed by atoms with van der Waals surface area (Å²) in [4.78, 5) is 16.5. The average Bonchev–Trinajstić information content (AvgIpc) is 2.33. The summed E-state index contributed by atoms with van der Waals surface area (Å²) in [6.07, 6.45) is 2.13. The zero-order valence-corrected chi connectivity index (χ0v) is 11.9. The molecule has 2 N–H and O–H groups in total. The van der Waals surface area contributed by atoms with Crippen molar-refractivity contribution in [2.24, 2.45) is 5.41 Å². The first kappa shape index (κ1) is 13.9. The highest BCUT2D eigenvalue weighted by molar-refractivity contribution is 5.94. The van der Waals surface area contributed by atoms with Crippen LogP contribution < -0.4 is 10.6 Å². The SMILES string of the molecule is Cc1nnc(NC(=O)C2NCCCC2(C)C)nc1C. The van der Waals surface area contributed by atoms with Gasteiger partial charge in [0.05, 0.1) is 17.4 Å². The van der Waals surface area contributed by atoms with E-state index in [1.807, 2.05) is 13.8 Å². The molecule has 1 aromatic rings. The molecule has 1 saturated heterocycles. The van der Waals surface area contributed by atoms with Gasteiger partial charge in [-0.15, -0.1) is 5.10 Å². The summed E-state index contributed by atoms with van der Waals surface area (Å²) in [6.45, 7) is 8.76. The van der Waals surface area contributed by atoms with Crippen molar-refractivity contribution in [2.45, 2.75) is 46.6 Å². The number of aromatic nitrogens is 3. The maximum Gasteiger partial charge on any atom is 0.249 e. The van der Waals surface area contributed by atoms with Gasteiger partial charge in [-0.2, -0.15) is 5.10 Å². The Bertz CT molecular complexity index is 486. The third-order valence-electron chi connectivity index (χ3n) is 3.72. The quantitative estimate of drug-likeness (QED) is 0.838. The lowest BCUT2D eigenvalue weighted by Crippen LogP contribution is -2.53. The Kier molecular flexibility index (Phi) is 3.80. The first-order chi connectivity index (χ1) is 8.90. The molecule has 6 nitrogen and oxygen atoms in total. The monoisotopic (exact) mass is 263 g/mol. The van der Waals surface area contributed by atoms with Crippen molar-refractivity contribution in [1.82, 2.24) is 20.5 Å².